The van der Waals surface area contributed by atoms with Gasteiger partial charge in [0.15, 0.2) is 5.82 Å². The van der Waals surface area contributed by atoms with Crippen molar-refractivity contribution in [2.24, 2.45) is 0 Å². The Bertz CT molecular complexity index is 1240. The highest BCUT2D eigenvalue weighted by molar-refractivity contribution is 7.25. The highest BCUT2D eigenvalue weighted by Gasteiger charge is 2.15. The lowest BCUT2D eigenvalue weighted by Gasteiger charge is -2.10. The molecule has 132 valence electrons. The summed E-state index contributed by atoms with van der Waals surface area (Å²) in [6.07, 6.45) is 0.106. The molecular formula is C18H16N4O3S. The smallest absolute Gasteiger partial charge is 0.326 e. The Hall–Kier alpha value is -3.00. The van der Waals surface area contributed by atoms with Crippen LogP contribution >= 0.6 is 11.3 Å². The largest absolute Gasteiger partial charge is 0.491 e. The molecule has 26 heavy (non-hydrogen) atoms. The van der Waals surface area contributed by atoms with Crippen molar-refractivity contribution in [3.8, 4) is 17.1 Å². The molecule has 0 spiro atoms. The number of aromatic amines is 2. The van der Waals surface area contributed by atoms with Gasteiger partial charge in [0.05, 0.1) is 22.7 Å². The lowest BCUT2D eigenvalue weighted by atomic mass is 10.2. The highest BCUT2D eigenvalue weighted by Crippen LogP contribution is 2.32. The molecule has 0 aliphatic heterocycles. The van der Waals surface area contributed by atoms with Crippen molar-refractivity contribution in [3.05, 3.63) is 50.8 Å². The van der Waals surface area contributed by atoms with Crippen molar-refractivity contribution in [2.45, 2.75) is 26.9 Å². The second kappa shape index (κ2) is 6.06. The van der Waals surface area contributed by atoms with E-state index in [9.17, 15) is 9.59 Å². The monoisotopic (exact) mass is 368 g/mol. The average molecular weight is 368 g/mol. The number of benzene rings is 1. The van der Waals surface area contributed by atoms with Gasteiger partial charge < -0.3 is 9.72 Å². The Kier molecular flexibility index (Phi) is 3.84. The Balaban J connectivity index is 1.87. The first-order valence-corrected chi connectivity index (χ1v) is 8.94. The first-order valence-electron chi connectivity index (χ1n) is 8.13. The minimum absolute atomic E-state index is 0.106. The van der Waals surface area contributed by atoms with E-state index >= 15 is 0 Å². The molecule has 3 aromatic heterocycles. The summed E-state index contributed by atoms with van der Waals surface area (Å²) < 4.78 is 6.09. The predicted molar refractivity (Wildman–Crippen MR) is 102 cm³/mol. The van der Waals surface area contributed by atoms with E-state index in [0.717, 1.165) is 11.3 Å². The van der Waals surface area contributed by atoms with Crippen molar-refractivity contribution >= 4 is 31.8 Å². The maximum absolute atomic E-state index is 12.0. The van der Waals surface area contributed by atoms with Gasteiger partial charge in [-0.3, -0.25) is 9.78 Å². The topological polar surface area (TPSA) is 101 Å². The van der Waals surface area contributed by atoms with Crippen LogP contribution in [0.1, 0.15) is 19.5 Å². The van der Waals surface area contributed by atoms with E-state index in [-0.39, 0.29) is 6.10 Å². The summed E-state index contributed by atoms with van der Waals surface area (Å²) in [5.41, 5.74) is 1.10. The van der Waals surface area contributed by atoms with Crippen molar-refractivity contribution in [2.75, 3.05) is 0 Å². The van der Waals surface area contributed by atoms with Gasteiger partial charge in [0.1, 0.15) is 15.3 Å². The summed E-state index contributed by atoms with van der Waals surface area (Å²) in [4.78, 5) is 38.4. The van der Waals surface area contributed by atoms with E-state index in [2.05, 4.69) is 19.9 Å². The first-order chi connectivity index (χ1) is 12.4. The molecule has 0 aliphatic rings. The van der Waals surface area contributed by atoms with Crippen LogP contribution in [-0.4, -0.2) is 26.0 Å². The number of rotatable bonds is 3. The molecule has 8 heteroatoms. The van der Waals surface area contributed by atoms with E-state index < -0.39 is 11.2 Å². The van der Waals surface area contributed by atoms with Crippen molar-refractivity contribution in [1.29, 1.82) is 0 Å². The van der Waals surface area contributed by atoms with Gasteiger partial charge in [-0.05, 0) is 45.0 Å². The van der Waals surface area contributed by atoms with Crippen molar-refractivity contribution in [3.63, 3.8) is 0 Å². The van der Waals surface area contributed by atoms with E-state index in [1.807, 2.05) is 45.0 Å². The van der Waals surface area contributed by atoms with Crippen LogP contribution in [0.2, 0.25) is 0 Å². The molecule has 0 saturated carbocycles. The van der Waals surface area contributed by atoms with Crippen LogP contribution < -0.4 is 16.0 Å². The molecule has 0 bridgehead atoms. The second-order valence-corrected chi connectivity index (χ2v) is 7.22. The summed E-state index contributed by atoms with van der Waals surface area (Å²) in [5, 5.41) is 0.705. The Morgan fingerprint density at radius 2 is 1.81 bits per heavy atom. The standard InChI is InChI=1S/C18H16N4O3S/c1-8(2)25-11-6-4-10(5-7-11)15-19-9(3)12-13-14(26-17(12)21-15)16(23)22-18(24)20-13/h4-8H,1-3H3,(H2,20,22,23,24). The Labute approximate surface area is 151 Å². The summed E-state index contributed by atoms with van der Waals surface area (Å²) in [6.45, 7) is 5.79. The van der Waals surface area contributed by atoms with Gasteiger partial charge in [0, 0.05) is 5.56 Å². The summed E-state index contributed by atoms with van der Waals surface area (Å²) >= 11 is 1.24. The zero-order valence-corrected chi connectivity index (χ0v) is 15.2. The van der Waals surface area contributed by atoms with Crippen molar-refractivity contribution in [1.82, 2.24) is 19.9 Å². The molecular weight excluding hydrogens is 352 g/mol. The Morgan fingerprint density at radius 1 is 1.08 bits per heavy atom. The molecule has 4 rings (SSSR count). The minimum Gasteiger partial charge on any atom is -0.491 e. The second-order valence-electron chi connectivity index (χ2n) is 6.22. The third-order valence-electron chi connectivity index (χ3n) is 3.89. The molecule has 0 radical (unpaired) electrons. The van der Waals surface area contributed by atoms with E-state index in [0.29, 0.717) is 32.0 Å². The van der Waals surface area contributed by atoms with Crippen molar-refractivity contribution < 1.29 is 4.74 Å². The van der Waals surface area contributed by atoms with Crippen LogP contribution in [0.3, 0.4) is 0 Å². The van der Waals surface area contributed by atoms with E-state index in [4.69, 9.17) is 4.74 Å². The van der Waals surface area contributed by atoms with Gasteiger partial charge in [0.25, 0.3) is 5.56 Å². The van der Waals surface area contributed by atoms with Crippen LogP contribution in [0.4, 0.5) is 0 Å². The molecule has 0 aliphatic carbocycles. The summed E-state index contributed by atoms with van der Waals surface area (Å²) in [5.74, 6) is 1.35. The summed E-state index contributed by atoms with van der Waals surface area (Å²) in [6, 6.07) is 7.57. The average Bonchev–Trinajstić information content (AvgIpc) is 2.94. The molecule has 0 unspecified atom stereocenters. The summed E-state index contributed by atoms with van der Waals surface area (Å²) in [7, 11) is 0. The number of nitrogens with zero attached hydrogens (tertiary/aromatic N) is 2. The van der Waals surface area contributed by atoms with E-state index in [1.54, 1.807) is 0 Å². The van der Waals surface area contributed by atoms with Gasteiger partial charge in [-0.25, -0.2) is 14.8 Å². The number of hydrogen-bond donors (Lipinski definition) is 2. The maximum atomic E-state index is 12.0. The normalized spacial score (nSPS) is 11.5. The van der Waals surface area contributed by atoms with Gasteiger partial charge in [-0.1, -0.05) is 0 Å². The van der Waals surface area contributed by atoms with Gasteiger partial charge in [-0.2, -0.15) is 0 Å². The fourth-order valence-corrected chi connectivity index (χ4v) is 3.91. The molecule has 0 saturated heterocycles. The number of aryl methyl sites for hydroxylation is 1. The fourth-order valence-electron chi connectivity index (χ4n) is 2.84. The van der Waals surface area contributed by atoms with E-state index in [1.165, 1.54) is 11.3 Å². The van der Waals surface area contributed by atoms with Crippen LogP contribution in [0.25, 0.3) is 31.8 Å². The minimum atomic E-state index is -0.536. The van der Waals surface area contributed by atoms with Crippen LogP contribution in [0.5, 0.6) is 5.75 Å². The molecule has 7 nitrogen and oxygen atoms in total. The predicted octanol–water partition coefficient (Wildman–Crippen LogP) is 2.98. The SMILES string of the molecule is Cc1nc(-c2ccc(OC(C)C)cc2)nc2sc3c(=O)[nH]c(=O)[nH]c3c12. The van der Waals surface area contributed by atoms with Crippen LogP contribution in [-0.2, 0) is 0 Å². The fraction of sp³-hybridized carbons (Fsp3) is 0.222. The highest BCUT2D eigenvalue weighted by atomic mass is 32.1. The number of nitrogens with one attached hydrogen (secondary N) is 2. The number of H-pyrrole nitrogens is 2. The lowest BCUT2D eigenvalue weighted by Crippen LogP contribution is -2.20. The zero-order chi connectivity index (χ0) is 18.4. The van der Waals surface area contributed by atoms with Gasteiger partial charge in [-0.15, -0.1) is 11.3 Å². The maximum Gasteiger partial charge on any atom is 0.326 e. The first kappa shape index (κ1) is 16.5. The molecule has 2 N–H and O–H groups in total. The number of thiophene rings is 1. The van der Waals surface area contributed by atoms with Crippen LogP contribution in [0.15, 0.2) is 33.9 Å². The third-order valence-corrected chi connectivity index (χ3v) is 4.97. The van der Waals surface area contributed by atoms with Gasteiger partial charge >= 0.3 is 5.69 Å². The van der Waals surface area contributed by atoms with Gasteiger partial charge in [0.2, 0.25) is 0 Å². The molecule has 4 aromatic rings. The number of hydrogen-bond acceptors (Lipinski definition) is 6. The number of aromatic nitrogens is 4. The molecule has 1 aromatic carbocycles. The molecule has 0 amide bonds. The number of fused-ring (bicyclic) bond motifs is 3. The Morgan fingerprint density at radius 3 is 2.50 bits per heavy atom. The third kappa shape index (κ3) is 2.78. The quantitative estimate of drug-likeness (QED) is 0.579. The zero-order valence-electron chi connectivity index (χ0n) is 14.4. The number of ether oxygens (including phenoxy) is 1. The van der Waals surface area contributed by atoms with Crippen LogP contribution in [0, 0.1) is 6.92 Å². The molecule has 0 atom stereocenters. The lowest BCUT2D eigenvalue weighted by molar-refractivity contribution is 0.242. The molecule has 0 fully saturated rings. The molecule has 3 heterocycles.